The van der Waals surface area contributed by atoms with E-state index >= 15 is 0 Å². The Hall–Kier alpha value is -2.44. The lowest BCUT2D eigenvalue weighted by atomic mass is 10.1. The monoisotopic (exact) mass is 572 g/mol. The maximum atomic E-state index is 13.4. The molecule has 3 rings (SSSR count). The van der Waals surface area contributed by atoms with Crippen LogP contribution in [0.25, 0.3) is 0 Å². The van der Waals surface area contributed by atoms with Gasteiger partial charge in [-0.2, -0.15) is 0 Å². The van der Waals surface area contributed by atoms with Gasteiger partial charge in [0.05, 0.1) is 17.7 Å². The quantitative estimate of drug-likeness (QED) is 0.207. The number of rotatable bonds is 9. The molecular formula is C22H26FIN4O3S. The van der Waals surface area contributed by atoms with Gasteiger partial charge in [0.15, 0.2) is 5.96 Å². The highest BCUT2D eigenvalue weighted by Gasteiger charge is 2.07. The van der Waals surface area contributed by atoms with Crippen molar-refractivity contribution >= 4 is 40.0 Å². The fourth-order valence-corrected chi connectivity index (χ4v) is 3.42. The van der Waals surface area contributed by atoms with E-state index in [-0.39, 0.29) is 34.7 Å². The molecule has 1 aromatic heterocycles. The maximum absolute atomic E-state index is 13.4. The zero-order chi connectivity index (χ0) is 22.1. The molecule has 0 atom stereocenters. The summed E-state index contributed by atoms with van der Waals surface area (Å²) in [7, 11) is -3.72. The van der Waals surface area contributed by atoms with Crippen LogP contribution in [0.2, 0.25) is 0 Å². The molecule has 172 valence electrons. The number of nitrogens with one attached hydrogen (secondary N) is 2. The largest absolute Gasteiger partial charge is 0.469 e. The van der Waals surface area contributed by atoms with Crippen LogP contribution in [-0.4, -0.2) is 27.5 Å². The number of aliphatic imine (C=N–C) groups is 1. The fraction of sp³-hybridized carbons (Fsp3) is 0.227. The molecule has 3 aromatic rings. The van der Waals surface area contributed by atoms with Crippen LogP contribution in [0.3, 0.4) is 0 Å². The van der Waals surface area contributed by atoms with Crippen LogP contribution >= 0.6 is 24.0 Å². The van der Waals surface area contributed by atoms with Crippen LogP contribution < -0.4 is 15.8 Å². The van der Waals surface area contributed by atoms with Crippen LogP contribution in [-0.2, 0) is 29.4 Å². The van der Waals surface area contributed by atoms with Gasteiger partial charge in [-0.3, -0.25) is 0 Å². The minimum atomic E-state index is -3.72. The predicted octanol–water partition coefficient (Wildman–Crippen LogP) is 3.20. The van der Waals surface area contributed by atoms with Gasteiger partial charge in [0.25, 0.3) is 0 Å². The van der Waals surface area contributed by atoms with Gasteiger partial charge >= 0.3 is 0 Å². The van der Waals surface area contributed by atoms with Gasteiger partial charge in [-0.1, -0.05) is 24.3 Å². The van der Waals surface area contributed by atoms with Gasteiger partial charge < -0.3 is 15.1 Å². The summed E-state index contributed by atoms with van der Waals surface area (Å²) in [6, 6.07) is 16.5. The van der Waals surface area contributed by atoms with E-state index in [1.54, 1.807) is 24.5 Å². The zero-order valence-corrected chi connectivity index (χ0v) is 20.5. The average Bonchev–Trinajstić information content (AvgIpc) is 3.25. The number of benzene rings is 2. The number of primary sulfonamides is 1. The Morgan fingerprint density at radius 3 is 2.31 bits per heavy atom. The van der Waals surface area contributed by atoms with Gasteiger partial charge in [-0.25, -0.2) is 22.9 Å². The first-order valence-electron chi connectivity index (χ1n) is 9.81. The number of hydrogen-bond acceptors (Lipinski definition) is 4. The van der Waals surface area contributed by atoms with Crippen LogP contribution in [0.15, 0.2) is 81.2 Å². The van der Waals surface area contributed by atoms with Crippen molar-refractivity contribution in [1.29, 1.82) is 0 Å². The summed E-state index contributed by atoms with van der Waals surface area (Å²) in [6.07, 6.45) is 2.97. The zero-order valence-electron chi connectivity index (χ0n) is 17.3. The molecule has 0 fully saturated rings. The molecule has 2 aromatic carbocycles. The number of nitrogens with two attached hydrogens (primary N) is 1. The number of nitrogens with zero attached hydrogens (tertiary/aromatic N) is 1. The third-order valence-electron chi connectivity index (χ3n) is 4.51. The van der Waals surface area contributed by atoms with E-state index in [0.29, 0.717) is 38.4 Å². The minimum absolute atomic E-state index is 0. The standard InChI is InChI=1S/C22H25FN4O3S.HI/c23-19-4-1-3-17(15-19)10-12-25-22(26-13-11-20-5-2-14-30-20)27-16-18-6-8-21(9-7-18)31(24,28)29;/h1-9,14-15H,10-13,16H2,(H2,24,28,29)(H2,25,26,27);1H. The highest BCUT2D eigenvalue weighted by Crippen LogP contribution is 2.09. The van der Waals surface area contributed by atoms with Crippen molar-refractivity contribution in [3.8, 4) is 0 Å². The Labute approximate surface area is 204 Å². The van der Waals surface area contributed by atoms with Crippen molar-refractivity contribution in [2.24, 2.45) is 10.1 Å². The number of furan rings is 1. The Bertz CT molecular complexity index is 1100. The van der Waals surface area contributed by atoms with E-state index in [2.05, 4.69) is 15.6 Å². The van der Waals surface area contributed by atoms with Crippen molar-refractivity contribution in [1.82, 2.24) is 10.6 Å². The highest BCUT2D eigenvalue weighted by atomic mass is 127. The summed E-state index contributed by atoms with van der Waals surface area (Å²) in [4.78, 5) is 4.62. The first-order chi connectivity index (χ1) is 14.9. The Morgan fingerprint density at radius 1 is 0.969 bits per heavy atom. The third-order valence-corrected chi connectivity index (χ3v) is 5.44. The molecule has 0 aliphatic carbocycles. The summed E-state index contributed by atoms with van der Waals surface area (Å²) in [5.41, 5.74) is 1.73. The number of hydrogen-bond donors (Lipinski definition) is 3. The topological polar surface area (TPSA) is 110 Å². The molecule has 0 radical (unpaired) electrons. The van der Waals surface area contributed by atoms with E-state index < -0.39 is 10.0 Å². The first kappa shape index (κ1) is 25.8. The molecule has 1 heterocycles. The normalized spacial score (nSPS) is 11.6. The van der Waals surface area contributed by atoms with E-state index in [9.17, 15) is 12.8 Å². The third kappa shape index (κ3) is 8.60. The van der Waals surface area contributed by atoms with Gasteiger partial charge in [0.1, 0.15) is 11.6 Å². The van der Waals surface area contributed by atoms with E-state index in [1.807, 2.05) is 18.2 Å². The molecule has 0 saturated carbocycles. The second-order valence-electron chi connectivity index (χ2n) is 6.92. The molecule has 0 amide bonds. The molecule has 0 bridgehead atoms. The van der Waals surface area contributed by atoms with Crippen LogP contribution in [0.4, 0.5) is 4.39 Å². The Balaban J connectivity index is 0.00000363. The molecule has 0 unspecified atom stereocenters. The molecule has 0 spiro atoms. The predicted molar refractivity (Wildman–Crippen MR) is 133 cm³/mol. The first-order valence-corrected chi connectivity index (χ1v) is 11.4. The lowest BCUT2D eigenvalue weighted by Crippen LogP contribution is -2.39. The van der Waals surface area contributed by atoms with Crippen molar-refractivity contribution < 1.29 is 17.2 Å². The van der Waals surface area contributed by atoms with E-state index in [0.717, 1.165) is 16.9 Å². The van der Waals surface area contributed by atoms with Crippen molar-refractivity contribution in [3.63, 3.8) is 0 Å². The van der Waals surface area contributed by atoms with Crippen LogP contribution in [0.5, 0.6) is 0 Å². The SMILES string of the molecule is I.NS(=O)(=O)c1ccc(CN=C(NCCc2cccc(F)c2)NCCc2ccco2)cc1. The Kier molecular flexibility index (Phi) is 10.1. The smallest absolute Gasteiger partial charge is 0.238 e. The van der Waals surface area contributed by atoms with Gasteiger partial charge in [-0.15, -0.1) is 24.0 Å². The minimum Gasteiger partial charge on any atom is -0.469 e. The van der Waals surface area contributed by atoms with Crippen molar-refractivity contribution in [3.05, 3.63) is 89.6 Å². The van der Waals surface area contributed by atoms with Crippen molar-refractivity contribution in [2.45, 2.75) is 24.3 Å². The molecular weight excluding hydrogens is 546 g/mol. The van der Waals surface area contributed by atoms with E-state index in [4.69, 9.17) is 9.56 Å². The van der Waals surface area contributed by atoms with E-state index in [1.165, 1.54) is 24.3 Å². The fourth-order valence-electron chi connectivity index (χ4n) is 2.91. The summed E-state index contributed by atoms with van der Waals surface area (Å²) < 4.78 is 41.5. The van der Waals surface area contributed by atoms with Crippen molar-refractivity contribution in [2.75, 3.05) is 13.1 Å². The molecule has 7 nitrogen and oxygen atoms in total. The number of guanidine groups is 1. The molecule has 4 N–H and O–H groups in total. The van der Waals surface area contributed by atoms with Crippen LogP contribution in [0.1, 0.15) is 16.9 Å². The molecule has 10 heteroatoms. The number of sulfonamides is 1. The summed E-state index contributed by atoms with van der Waals surface area (Å²) >= 11 is 0. The Morgan fingerprint density at radius 2 is 1.69 bits per heavy atom. The summed E-state index contributed by atoms with van der Waals surface area (Å²) in [6.45, 7) is 1.53. The average molecular weight is 572 g/mol. The molecule has 32 heavy (non-hydrogen) atoms. The second kappa shape index (κ2) is 12.6. The maximum Gasteiger partial charge on any atom is 0.238 e. The van der Waals surface area contributed by atoms with Gasteiger partial charge in [0, 0.05) is 19.5 Å². The van der Waals surface area contributed by atoms with Gasteiger partial charge in [0.2, 0.25) is 10.0 Å². The second-order valence-corrected chi connectivity index (χ2v) is 8.48. The number of halogens is 2. The molecule has 0 aliphatic heterocycles. The summed E-state index contributed by atoms with van der Waals surface area (Å²) in [5, 5.41) is 11.6. The lowest BCUT2D eigenvalue weighted by Gasteiger charge is -2.12. The van der Waals surface area contributed by atoms with Gasteiger partial charge in [-0.05, 0) is 53.9 Å². The lowest BCUT2D eigenvalue weighted by molar-refractivity contribution is 0.506. The molecule has 0 aliphatic rings. The summed E-state index contributed by atoms with van der Waals surface area (Å²) in [5.74, 6) is 1.20. The highest BCUT2D eigenvalue weighted by molar-refractivity contribution is 14.0. The van der Waals surface area contributed by atoms with Crippen LogP contribution in [0, 0.1) is 5.82 Å². The molecule has 0 saturated heterocycles.